The predicted octanol–water partition coefficient (Wildman–Crippen LogP) is 2.81. The molecule has 0 heterocycles. The number of hydrogen-bond donors (Lipinski definition) is 3. The van der Waals surface area contributed by atoms with Crippen LogP contribution in [0.15, 0.2) is 42.5 Å². The molecule has 2 aromatic carbocycles. The van der Waals surface area contributed by atoms with E-state index in [4.69, 9.17) is 27.9 Å². The van der Waals surface area contributed by atoms with Gasteiger partial charge in [0.15, 0.2) is 22.7 Å². The van der Waals surface area contributed by atoms with Crippen LogP contribution in [0, 0.1) is 0 Å². The number of hydrogen-bond acceptors (Lipinski definition) is 6. The van der Waals surface area contributed by atoms with Crippen LogP contribution in [0.25, 0.3) is 0 Å². The van der Waals surface area contributed by atoms with E-state index in [1.165, 1.54) is 30.3 Å². The summed E-state index contributed by atoms with van der Waals surface area (Å²) >= 11 is 11.8. The molecule has 8 heteroatoms. The van der Waals surface area contributed by atoms with Crippen molar-refractivity contribution in [2.24, 2.45) is 0 Å². The number of para-hydroxylation sites is 2. The number of ether oxygens (including phenoxy) is 1. The maximum Gasteiger partial charge on any atom is 0.331 e. The second-order valence-corrected chi connectivity index (χ2v) is 5.70. The molecule has 0 radical (unpaired) electrons. The minimum Gasteiger partial charge on any atom is -0.508 e. The van der Waals surface area contributed by atoms with Crippen LogP contribution in [0.3, 0.4) is 0 Å². The molecule has 0 bridgehead atoms. The van der Waals surface area contributed by atoms with E-state index in [1.807, 2.05) is 0 Å². The third-order valence-electron chi connectivity index (χ3n) is 3.06. The average molecular weight is 371 g/mol. The summed E-state index contributed by atoms with van der Waals surface area (Å²) in [6.45, 7) is 0. The van der Waals surface area contributed by atoms with Gasteiger partial charge in [0.2, 0.25) is 0 Å². The highest BCUT2D eigenvalue weighted by atomic mass is 35.5. The van der Waals surface area contributed by atoms with Gasteiger partial charge in [-0.15, -0.1) is 23.2 Å². The zero-order chi connectivity index (χ0) is 17.9. The molecule has 0 aliphatic heterocycles. The first kappa shape index (κ1) is 17.9. The third kappa shape index (κ3) is 3.90. The van der Waals surface area contributed by atoms with E-state index in [0.717, 1.165) is 12.1 Å². The number of benzene rings is 2. The summed E-state index contributed by atoms with van der Waals surface area (Å²) in [5.74, 6) is -2.99. The van der Waals surface area contributed by atoms with Gasteiger partial charge in [-0.1, -0.05) is 12.1 Å². The van der Waals surface area contributed by atoms with Gasteiger partial charge in [-0.25, -0.2) is 4.79 Å². The van der Waals surface area contributed by atoms with Gasteiger partial charge >= 0.3 is 5.97 Å². The number of aromatic hydroxyl groups is 3. The Balaban J connectivity index is 2.13. The van der Waals surface area contributed by atoms with E-state index in [9.17, 15) is 24.9 Å². The molecule has 126 valence electrons. The summed E-state index contributed by atoms with van der Waals surface area (Å²) in [7, 11) is 0. The topological polar surface area (TPSA) is 104 Å². The Morgan fingerprint density at radius 2 is 1.58 bits per heavy atom. The Hall–Kier alpha value is -2.44. The first-order valence-electron chi connectivity index (χ1n) is 6.65. The van der Waals surface area contributed by atoms with E-state index < -0.39 is 28.3 Å². The molecule has 0 fully saturated rings. The molecular weight excluding hydrogens is 359 g/mol. The molecule has 0 aliphatic carbocycles. The van der Waals surface area contributed by atoms with E-state index in [0.29, 0.717) is 0 Å². The SMILES string of the molecule is O=C(Oc1ccccc1O)C(Cl)C(Cl)C(=O)c1ccc(O)cc1O. The van der Waals surface area contributed by atoms with Gasteiger partial charge in [0, 0.05) is 6.07 Å². The molecule has 0 saturated heterocycles. The lowest BCUT2D eigenvalue weighted by Crippen LogP contribution is -2.34. The quantitative estimate of drug-likeness (QED) is 0.323. The third-order valence-corrected chi connectivity index (χ3v) is 4.06. The number of phenolic OH excluding ortho intramolecular Hbond substituents is 3. The van der Waals surface area contributed by atoms with Crippen LogP contribution in [-0.4, -0.2) is 37.8 Å². The van der Waals surface area contributed by atoms with Gasteiger partial charge in [0.05, 0.1) is 5.56 Å². The number of carbonyl (C=O) groups is 2. The highest BCUT2D eigenvalue weighted by Gasteiger charge is 2.34. The van der Waals surface area contributed by atoms with Gasteiger partial charge < -0.3 is 20.1 Å². The van der Waals surface area contributed by atoms with E-state index in [2.05, 4.69) is 0 Å². The first-order valence-corrected chi connectivity index (χ1v) is 7.52. The second-order valence-electron chi connectivity index (χ2n) is 4.76. The molecule has 0 saturated carbocycles. The lowest BCUT2D eigenvalue weighted by atomic mass is 10.0. The Morgan fingerprint density at radius 1 is 0.917 bits per heavy atom. The van der Waals surface area contributed by atoms with E-state index >= 15 is 0 Å². The highest BCUT2D eigenvalue weighted by Crippen LogP contribution is 2.29. The maximum absolute atomic E-state index is 12.2. The number of rotatable bonds is 5. The molecule has 0 aliphatic rings. The van der Waals surface area contributed by atoms with Crippen molar-refractivity contribution in [3.8, 4) is 23.0 Å². The van der Waals surface area contributed by atoms with Crippen molar-refractivity contribution in [1.29, 1.82) is 0 Å². The van der Waals surface area contributed by atoms with Crippen molar-refractivity contribution in [3.05, 3.63) is 48.0 Å². The molecule has 0 amide bonds. The Labute approximate surface area is 146 Å². The van der Waals surface area contributed by atoms with Crippen molar-refractivity contribution >= 4 is 35.0 Å². The standard InChI is InChI=1S/C16H12Cl2O6/c17-13(15(22)9-6-5-8(19)7-11(9)21)14(18)16(23)24-12-4-2-1-3-10(12)20/h1-7,13-14,19-21H. The summed E-state index contributed by atoms with van der Waals surface area (Å²) in [5.41, 5.74) is -0.200. The van der Waals surface area contributed by atoms with Crippen molar-refractivity contribution in [2.75, 3.05) is 0 Å². The van der Waals surface area contributed by atoms with Crippen molar-refractivity contribution in [1.82, 2.24) is 0 Å². The molecular formula is C16H12Cl2O6. The summed E-state index contributed by atoms with van der Waals surface area (Å²) in [5, 5.41) is 25.4. The van der Waals surface area contributed by atoms with Gasteiger partial charge in [0.25, 0.3) is 0 Å². The normalized spacial score (nSPS) is 13.1. The maximum atomic E-state index is 12.2. The van der Waals surface area contributed by atoms with Crippen molar-refractivity contribution in [3.63, 3.8) is 0 Å². The molecule has 6 nitrogen and oxygen atoms in total. The minimum absolute atomic E-state index is 0.128. The molecule has 2 rings (SSSR count). The Bertz CT molecular complexity index is 777. The fraction of sp³-hybridized carbons (Fsp3) is 0.125. The number of carbonyl (C=O) groups excluding carboxylic acids is 2. The fourth-order valence-electron chi connectivity index (χ4n) is 1.84. The van der Waals surface area contributed by atoms with Crippen LogP contribution in [-0.2, 0) is 4.79 Å². The van der Waals surface area contributed by atoms with Crippen LogP contribution in [0.1, 0.15) is 10.4 Å². The number of halogens is 2. The van der Waals surface area contributed by atoms with Gasteiger partial charge in [-0.3, -0.25) is 4.79 Å². The van der Waals surface area contributed by atoms with Crippen LogP contribution >= 0.6 is 23.2 Å². The predicted molar refractivity (Wildman–Crippen MR) is 87.1 cm³/mol. The molecule has 0 aromatic heterocycles. The lowest BCUT2D eigenvalue weighted by Gasteiger charge is -2.15. The zero-order valence-electron chi connectivity index (χ0n) is 12.0. The zero-order valence-corrected chi connectivity index (χ0v) is 13.5. The van der Waals surface area contributed by atoms with Gasteiger partial charge in [-0.2, -0.15) is 0 Å². The molecule has 24 heavy (non-hydrogen) atoms. The molecule has 2 aromatic rings. The number of esters is 1. The van der Waals surface area contributed by atoms with Crippen molar-refractivity contribution < 1.29 is 29.6 Å². The summed E-state index contributed by atoms with van der Waals surface area (Å²) in [6.07, 6.45) is 0. The van der Waals surface area contributed by atoms with Crippen LogP contribution in [0.2, 0.25) is 0 Å². The number of ketones is 1. The monoisotopic (exact) mass is 370 g/mol. The smallest absolute Gasteiger partial charge is 0.331 e. The fourth-order valence-corrected chi connectivity index (χ4v) is 2.22. The van der Waals surface area contributed by atoms with Crippen LogP contribution in [0.5, 0.6) is 23.0 Å². The first-order chi connectivity index (χ1) is 11.3. The highest BCUT2D eigenvalue weighted by molar-refractivity contribution is 6.44. The molecule has 2 atom stereocenters. The number of alkyl halides is 2. The second kappa shape index (κ2) is 7.42. The van der Waals surface area contributed by atoms with E-state index in [1.54, 1.807) is 0 Å². The summed E-state index contributed by atoms with van der Waals surface area (Å²) < 4.78 is 4.90. The number of phenols is 3. The van der Waals surface area contributed by atoms with Crippen LogP contribution in [0.4, 0.5) is 0 Å². The lowest BCUT2D eigenvalue weighted by molar-refractivity contribution is -0.134. The largest absolute Gasteiger partial charge is 0.508 e. The van der Waals surface area contributed by atoms with Crippen LogP contribution < -0.4 is 4.74 Å². The van der Waals surface area contributed by atoms with E-state index in [-0.39, 0.29) is 22.8 Å². The molecule has 2 unspecified atom stereocenters. The number of Topliss-reactive ketones (excluding diaryl/α,β-unsaturated/α-hetero) is 1. The van der Waals surface area contributed by atoms with Gasteiger partial charge in [-0.05, 0) is 24.3 Å². The summed E-state index contributed by atoms with van der Waals surface area (Å²) in [4.78, 5) is 24.2. The Morgan fingerprint density at radius 3 is 2.21 bits per heavy atom. The Kier molecular flexibility index (Phi) is 5.54. The summed E-state index contributed by atoms with van der Waals surface area (Å²) in [6, 6.07) is 9.01. The average Bonchev–Trinajstić information content (AvgIpc) is 2.55. The molecule has 3 N–H and O–H groups in total. The molecule has 0 spiro atoms. The van der Waals surface area contributed by atoms with Crippen molar-refractivity contribution in [2.45, 2.75) is 10.8 Å². The van der Waals surface area contributed by atoms with Gasteiger partial charge in [0.1, 0.15) is 16.9 Å². The minimum atomic E-state index is -1.56.